The van der Waals surface area contributed by atoms with Crippen molar-refractivity contribution in [3.05, 3.63) is 65.2 Å². The highest BCUT2D eigenvalue weighted by Gasteiger charge is 2.19. The average molecular weight is 355 g/mol. The van der Waals surface area contributed by atoms with Crippen molar-refractivity contribution in [3.63, 3.8) is 0 Å². The molecule has 0 saturated heterocycles. The summed E-state index contributed by atoms with van der Waals surface area (Å²) in [6, 6.07) is 15.8. The second-order valence-corrected chi connectivity index (χ2v) is 6.50. The number of carbonyl (C=O) groups is 2. The maximum absolute atomic E-state index is 12.0. The Hall–Kier alpha value is -2.77. The van der Waals surface area contributed by atoms with E-state index in [0.717, 1.165) is 15.2 Å². The minimum atomic E-state index is -0.875. The van der Waals surface area contributed by atoms with Crippen molar-refractivity contribution in [2.24, 2.45) is 5.73 Å². The lowest BCUT2D eigenvalue weighted by Crippen LogP contribution is -2.39. The van der Waals surface area contributed by atoms with Crippen LogP contribution < -0.4 is 11.1 Å². The SMILES string of the molecule is NC(=O)[C@@H](NC(=O)COCc1nc2ccccc2s1)c1ccccc1. The van der Waals surface area contributed by atoms with E-state index < -0.39 is 17.9 Å². The monoisotopic (exact) mass is 355 g/mol. The zero-order valence-corrected chi connectivity index (χ0v) is 14.2. The molecule has 0 aliphatic rings. The highest BCUT2D eigenvalue weighted by Crippen LogP contribution is 2.21. The summed E-state index contributed by atoms with van der Waals surface area (Å²) in [5, 5.41) is 3.39. The standard InChI is InChI=1S/C18H17N3O3S/c19-18(23)17(12-6-2-1-3-7-12)21-15(22)10-24-11-16-20-13-8-4-5-9-14(13)25-16/h1-9,17H,10-11H2,(H2,19,23)(H,21,22)/t17-/m0/s1. The lowest BCUT2D eigenvalue weighted by Gasteiger charge is -2.15. The molecule has 3 aromatic rings. The van der Waals surface area contributed by atoms with Crippen LogP contribution in [0.1, 0.15) is 16.6 Å². The van der Waals surface area contributed by atoms with Crippen molar-refractivity contribution < 1.29 is 14.3 Å². The van der Waals surface area contributed by atoms with Gasteiger partial charge in [-0.2, -0.15) is 0 Å². The number of rotatable bonds is 7. The molecule has 1 heterocycles. The molecular weight excluding hydrogens is 338 g/mol. The minimum absolute atomic E-state index is 0.174. The van der Waals surface area contributed by atoms with Crippen LogP contribution in [0.15, 0.2) is 54.6 Å². The summed E-state index contributed by atoms with van der Waals surface area (Å²) in [6.07, 6.45) is 0. The number of thiazole rings is 1. The van der Waals surface area contributed by atoms with Crippen LogP contribution in [0.5, 0.6) is 0 Å². The third-order valence-electron chi connectivity index (χ3n) is 3.52. The first kappa shape index (κ1) is 17.1. The molecule has 0 bridgehead atoms. The number of nitrogens with two attached hydrogens (primary N) is 1. The number of hydrogen-bond donors (Lipinski definition) is 2. The van der Waals surface area contributed by atoms with Crippen molar-refractivity contribution in [1.29, 1.82) is 0 Å². The number of benzene rings is 2. The largest absolute Gasteiger partial charge is 0.368 e. The third kappa shape index (κ3) is 4.40. The van der Waals surface area contributed by atoms with Gasteiger partial charge in [-0.15, -0.1) is 11.3 Å². The predicted molar refractivity (Wildman–Crippen MR) is 95.8 cm³/mol. The molecule has 0 aliphatic heterocycles. The number of primary amides is 1. The van der Waals surface area contributed by atoms with Crippen molar-refractivity contribution >= 4 is 33.4 Å². The lowest BCUT2D eigenvalue weighted by atomic mass is 10.1. The maximum atomic E-state index is 12.0. The Morgan fingerprint density at radius 3 is 2.56 bits per heavy atom. The summed E-state index contributed by atoms with van der Waals surface area (Å²) >= 11 is 1.52. The van der Waals surface area contributed by atoms with E-state index in [0.29, 0.717) is 5.56 Å². The number of ether oxygens (including phenoxy) is 1. The van der Waals surface area contributed by atoms with Gasteiger partial charge in [-0.1, -0.05) is 42.5 Å². The van der Waals surface area contributed by atoms with Crippen LogP contribution in [0.3, 0.4) is 0 Å². The van der Waals surface area contributed by atoms with E-state index in [1.807, 2.05) is 30.3 Å². The molecule has 1 aromatic heterocycles. The Kier molecular flexibility index (Phi) is 5.37. The summed E-state index contributed by atoms with van der Waals surface area (Å²) in [4.78, 5) is 28.1. The van der Waals surface area contributed by atoms with E-state index in [1.54, 1.807) is 24.3 Å². The summed E-state index contributed by atoms with van der Waals surface area (Å²) in [6.45, 7) is 0.0614. The molecule has 3 N–H and O–H groups in total. The van der Waals surface area contributed by atoms with E-state index in [1.165, 1.54) is 11.3 Å². The van der Waals surface area contributed by atoms with Gasteiger partial charge in [-0.25, -0.2) is 4.98 Å². The molecule has 25 heavy (non-hydrogen) atoms. The van der Waals surface area contributed by atoms with Gasteiger partial charge in [-0.3, -0.25) is 9.59 Å². The van der Waals surface area contributed by atoms with Crippen LogP contribution in [0.4, 0.5) is 0 Å². The number of fused-ring (bicyclic) bond motifs is 1. The first-order valence-electron chi connectivity index (χ1n) is 7.69. The molecule has 2 aromatic carbocycles. The number of aromatic nitrogens is 1. The Morgan fingerprint density at radius 2 is 1.84 bits per heavy atom. The van der Waals surface area contributed by atoms with Crippen LogP contribution in [0.25, 0.3) is 10.2 Å². The maximum Gasteiger partial charge on any atom is 0.246 e. The summed E-state index contributed by atoms with van der Waals surface area (Å²) in [5.41, 5.74) is 6.92. The van der Waals surface area contributed by atoms with Crippen molar-refractivity contribution in [3.8, 4) is 0 Å². The van der Waals surface area contributed by atoms with Crippen LogP contribution in [-0.4, -0.2) is 23.4 Å². The van der Waals surface area contributed by atoms with Crippen molar-refractivity contribution in [1.82, 2.24) is 10.3 Å². The molecule has 6 nitrogen and oxygen atoms in total. The molecule has 3 rings (SSSR count). The van der Waals surface area contributed by atoms with Gasteiger partial charge in [0.2, 0.25) is 11.8 Å². The Bertz CT molecular complexity index is 846. The first-order chi connectivity index (χ1) is 12.1. The van der Waals surface area contributed by atoms with Gasteiger partial charge in [0.1, 0.15) is 17.7 Å². The smallest absolute Gasteiger partial charge is 0.246 e. The number of para-hydroxylation sites is 1. The highest BCUT2D eigenvalue weighted by molar-refractivity contribution is 7.18. The number of hydrogen-bond acceptors (Lipinski definition) is 5. The minimum Gasteiger partial charge on any atom is -0.368 e. The van der Waals surface area contributed by atoms with E-state index in [9.17, 15) is 9.59 Å². The quantitative estimate of drug-likeness (QED) is 0.679. The summed E-state index contributed by atoms with van der Waals surface area (Å²) in [5.74, 6) is -1.03. The Balaban J connectivity index is 1.54. The molecule has 0 saturated carbocycles. The zero-order valence-electron chi connectivity index (χ0n) is 13.3. The van der Waals surface area contributed by atoms with Gasteiger partial charge in [0.15, 0.2) is 0 Å². The van der Waals surface area contributed by atoms with E-state index in [4.69, 9.17) is 10.5 Å². The third-order valence-corrected chi connectivity index (χ3v) is 4.53. The van der Waals surface area contributed by atoms with Gasteiger partial charge in [0.05, 0.1) is 16.8 Å². The molecule has 0 aliphatic carbocycles. The van der Waals surface area contributed by atoms with E-state index in [-0.39, 0.29) is 13.2 Å². The molecule has 7 heteroatoms. The molecule has 0 unspecified atom stereocenters. The van der Waals surface area contributed by atoms with Crippen LogP contribution in [-0.2, 0) is 20.9 Å². The second-order valence-electron chi connectivity index (χ2n) is 5.38. The molecular formula is C18H17N3O3S. The van der Waals surface area contributed by atoms with Gasteiger partial charge in [-0.05, 0) is 17.7 Å². The summed E-state index contributed by atoms with van der Waals surface area (Å²) in [7, 11) is 0. The fourth-order valence-electron chi connectivity index (χ4n) is 2.38. The van der Waals surface area contributed by atoms with E-state index in [2.05, 4.69) is 10.3 Å². The van der Waals surface area contributed by atoms with Crippen LogP contribution >= 0.6 is 11.3 Å². The first-order valence-corrected chi connectivity index (χ1v) is 8.51. The number of nitrogens with zero attached hydrogens (tertiary/aromatic N) is 1. The number of carbonyl (C=O) groups excluding carboxylic acids is 2. The molecule has 1 atom stereocenters. The average Bonchev–Trinajstić information content (AvgIpc) is 3.03. The predicted octanol–water partition coefficient (Wildman–Crippen LogP) is 2.16. The van der Waals surface area contributed by atoms with E-state index >= 15 is 0 Å². The normalized spacial score (nSPS) is 12.0. The Morgan fingerprint density at radius 1 is 1.12 bits per heavy atom. The zero-order chi connectivity index (χ0) is 17.6. The molecule has 0 fully saturated rings. The molecule has 2 amide bonds. The molecule has 0 radical (unpaired) electrons. The van der Waals surface area contributed by atoms with Crippen molar-refractivity contribution in [2.45, 2.75) is 12.6 Å². The van der Waals surface area contributed by atoms with Gasteiger partial charge >= 0.3 is 0 Å². The Labute approximate surface area is 148 Å². The van der Waals surface area contributed by atoms with Crippen LogP contribution in [0.2, 0.25) is 0 Å². The molecule has 128 valence electrons. The topological polar surface area (TPSA) is 94.3 Å². The van der Waals surface area contributed by atoms with Crippen LogP contribution in [0, 0.1) is 0 Å². The number of nitrogens with one attached hydrogen (secondary N) is 1. The fourth-order valence-corrected chi connectivity index (χ4v) is 3.28. The fraction of sp³-hybridized carbons (Fsp3) is 0.167. The highest BCUT2D eigenvalue weighted by atomic mass is 32.1. The van der Waals surface area contributed by atoms with Crippen molar-refractivity contribution in [2.75, 3.05) is 6.61 Å². The lowest BCUT2D eigenvalue weighted by molar-refractivity contribution is -0.130. The van der Waals surface area contributed by atoms with Gasteiger partial charge < -0.3 is 15.8 Å². The summed E-state index contributed by atoms with van der Waals surface area (Å²) < 4.78 is 6.48. The second kappa shape index (κ2) is 7.87. The van der Waals surface area contributed by atoms with Gasteiger partial charge in [0.25, 0.3) is 0 Å². The molecule has 0 spiro atoms. The number of amides is 2. The van der Waals surface area contributed by atoms with Gasteiger partial charge in [0, 0.05) is 0 Å².